The van der Waals surface area contributed by atoms with E-state index in [9.17, 15) is 17.6 Å². The fraction of sp³-hybridized carbons (Fsp3) is 0.136. The summed E-state index contributed by atoms with van der Waals surface area (Å²) < 4.78 is 63.4. The van der Waals surface area contributed by atoms with E-state index in [0.717, 1.165) is 18.5 Å². The highest BCUT2D eigenvalue weighted by molar-refractivity contribution is 5.70. The number of halogens is 4. The quantitative estimate of drug-likeness (QED) is 0.324. The minimum absolute atomic E-state index is 0.0749. The third-order valence-corrected chi connectivity index (χ3v) is 4.64. The molecular formula is C22H16F4N4O2. The van der Waals surface area contributed by atoms with Crippen LogP contribution >= 0.6 is 0 Å². The average molecular weight is 444 g/mol. The molecule has 0 amide bonds. The van der Waals surface area contributed by atoms with Gasteiger partial charge in [-0.05, 0) is 30.3 Å². The van der Waals surface area contributed by atoms with E-state index in [2.05, 4.69) is 19.9 Å². The van der Waals surface area contributed by atoms with E-state index in [1.807, 2.05) is 0 Å². The second kappa shape index (κ2) is 8.66. The number of methoxy groups -OCH3 is 1. The molecule has 4 rings (SSSR count). The molecule has 32 heavy (non-hydrogen) atoms. The number of H-pyrrole nitrogens is 1. The maximum Gasteiger partial charge on any atom is 0.416 e. The summed E-state index contributed by atoms with van der Waals surface area (Å²) in [5.74, 6) is 0.653. The van der Waals surface area contributed by atoms with Gasteiger partial charge in [-0.3, -0.25) is 4.98 Å². The molecule has 4 aromatic rings. The van der Waals surface area contributed by atoms with Crippen molar-refractivity contribution in [3.05, 3.63) is 78.3 Å². The van der Waals surface area contributed by atoms with Crippen LogP contribution in [0.15, 0.2) is 61.2 Å². The first kappa shape index (κ1) is 21.3. The first-order valence-electron chi connectivity index (χ1n) is 9.33. The van der Waals surface area contributed by atoms with Crippen LogP contribution in [0.1, 0.15) is 11.1 Å². The first-order valence-corrected chi connectivity index (χ1v) is 9.33. The van der Waals surface area contributed by atoms with Crippen LogP contribution in [0.5, 0.6) is 11.5 Å². The number of hydrogen-bond acceptors (Lipinski definition) is 5. The summed E-state index contributed by atoms with van der Waals surface area (Å²) in [5, 5.41) is 0. The molecule has 0 aliphatic heterocycles. The van der Waals surface area contributed by atoms with E-state index in [0.29, 0.717) is 34.1 Å². The Morgan fingerprint density at radius 1 is 1.00 bits per heavy atom. The molecule has 3 aromatic heterocycles. The molecule has 0 radical (unpaired) electrons. The molecule has 0 fully saturated rings. The highest BCUT2D eigenvalue weighted by Gasteiger charge is 2.33. The Morgan fingerprint density at radius 2 is 1.84 bits per heavy atom. The highest BCUT2D eigenvalue weighted by atomic mass is 19.4. The van der Waals surface area contributed by atoms with Crippen molar-refractivity contribution in [1.82, 2.24) is 19.9 Å². The van der Waals surface area contributed by atoms with Crippen molar-refractivity contribution < 1.29 is 27.0 Å². The van der Waals surface area contributed by atoms with E-state index in [4.69, 9.17) is 9.47 Å². The lowest BCUT2D eigenvalue weighted by Crippen LogP contribution is -2.11. The minimum Gasteiger partial charge on any atom is -0.496 e. The van der Waals surface area contributed by atoms with E-state index < -0.39 is 17.7 Å². The lowest BCUT2D eigenvalue weighted by Gasteiger charge is -2.14. The van der Waals surface area contributed by atoms with Crippen LogP contribution in [-0.4, -0.2) is 27.0 Å². The lowest BCUT2D eigenvalue weighted by molar-refractivity contribution is -0.138. The summed E-state index contributed by atoms with van der Waals surface area (Å²) in [4.78, 5) is 14.8. The van der Waals surface area contributed by atoms with Crippen LogP contribution in [0.4, 0.5) is 17.6 Å². The summed E-state index contributed by atoms with van der Waals surface area (Å²) >= 11 is 0. The topological polar surface area (TPSA) is 72.9 Å². The molecule has 0 atom stereocenters. The monoisotopic (exact) mass is 444 g/mol. The van der Waals surface area contributed by atoms with E-state index >= 15 is 0 Å². The Kier molecular flexibility index (Phi) is 5.76. The molecule has 0 unspecified atom stereocenters. The molecule has 6 nitrogen and oxygen atoms in total. The van der Waals surface area contributed by atoms with Crippen molar-refractivity contribution in [2.75, 3.05) is 7.11 Å². The van der Waals surface area contributed by atoms with Gasteiger partial charge in [-0.15, -0.1) is 0 Å². The van der Waals surface area contributed by atoms with Crippen molar-refractivity contribution in [2.24, 2.45) is 0 Å². The summed E-state index contributed by atoms with van der Waals surface area (Å²) in [6, 6.07) is 8.57. The minimum atomic E-state index is -4.50. The van der Waals surface area contributed by atoms with Crippen LogP contribution in [0.2, 0.25) is 0 Å². The zero-order valence-electron chi connectivity index (χ0n) is 16.7. The molecule has 0 spiro atoms. The zero-order chi connectivity index (χ0) is 22.7. The van der Waals surface area contributed by atoms with Gasteiger partial charge in [0, 0.05) is 41.3 Å². The molecule has 0 saturated heterocycles. The molecule has 3 heterocycles. The van der Waals surface area contributed by atoms with Crippen molar-refractivity contribution in [3.63, 3.8) is 0 Å². The predicted octanol–water partition coefficient (Wildman–Crippen LogP) is 5.28. The Balaban J connectivity index is 1.55. The number of benzene rings is 1. The number of rotatable bonds is 6. The number of aromatic nitrogens is 4. The predicted molar refractivity (Wildman–Crippen MR) is 107 cm³/mol. The lowest BCUT2D eigenvalue weighted by atomic mass is 10.1. The van der Waals surface area contributed by atoms with Crippen LogP contribution in [0.25, 0.3) is 22.6 Å². The summed E-state index contributed by atoms with van der Waals surface area (Å²) in [6.45, 7) is -0.309. The normalized spacial score (nSPS) is 11.4. The maximum absolute atomic E-state index is 13.1. The van der Waals surface area contributed by atoms with Gasteiger partial charge in [0.15, 0.2) is 0 Å². The van der Waals surface area contributed by atoms with Crippen molar-refractivity contribution >= 4 is 0 Å². The maximum atomic E-state index is 13.1. The Hall–Kier alpha value is -3.95. The Morgan fingerprint density at radius 3 is 2.56 bits per heavy atom. The van der Waals surface area contributed by atoms with Crippen molar-refractivity contribution in [3.8, 4) is 34.1 Å². The van der Waals surface area contributed by atoms with Crippen molar-refractivity contribution in [1.29, 1.82) is 0 Å². The molecule has 1 N–H and O–H groups in total. The number of aromatic amines is 1. The number of pyridine rings is 2. The second-order valence-electron chi connectivity index (χ2n) is 6.70. The van der Waals surface area contributed by atoms with Gasteiger partial charge in [0.25, 0.3) is 0 Å². The van der Waals surface area contributed by atoms with Gasteiger partial charge in [0.1, 0.15) is 23.9 Å². The van der Waals surface area contributed by atoms with Crippen LogP contribution < -0.4 is 9.47 Å². The largest absolute Gasteiger partial charge is 0.496 e. The van der Waals surface area contributed by atoms with Gasteiger partial charge in [-0.25, -0.2) is 9.97 Å². The van der Waals surface area contributed by atoms with Gasteiger partial charge in [-0.1, -0.05) is 0 Å². The van der Waals surface area contributed by atoms with Crippen LogP contribution in [-0.2, 0) is 12.8 Å². The average Bonchev–Trinajstić information content (AvgIpc) is 3.27. The van der Waals surface area contributed by atoms with Gasteiger partial charge in [-0.2, -0.15) is 17.6 Å². The summed E-state index contributed by atoms with van der Waals surface area (Å²) in [6.07, 6.45) is 0.666. The van der Waals surface area contributed by atoms with E-state index in [1.54, 1.807) is 30.5 Å². The highest BCUT2D eigenvalue weighted by Crippen LogP contribution is 2.35. The number of hydrogen-bond donors (Lipinski definition) is 1. The third-order valence-electron chi connectivity index (χ3n) is 4.64. The van der Waals surface area contributed by atoms with Gasteiger partial charge < -0.3 is 14.5 Å². The van der Waals surface area contributed by atoms with Gasteiger partial charge >= 0.3 is 6.18 Å². The third kappa shape index (κ3) is 4.53. The van der Waals surface area contributed by atoms with Crippen LogP contribution in [0, 0.1) is 5.95 Å². The molecule has 10 heteroatoms. The fourth-order valence-corrected chi connectivity index (χ4v) is 3.08. The first-order chi connectivity index (χ1) is 15.3. The van der Waals surface area contributed by atoms with E-state index in [1.165, 1.54) is 19.4 Å². The molecular weight excluding hydrogens is 428 g/mol. The molecule has 0 bridgehead atoms. The standard InChI is InChI=1S/C22H16F4N4O2/c1-31-19-8-15(32-12-14-9-27-7-6-17(14)22(24,25)26)3-4-16(19)18-11-29-21(30-18)13-2-5-20(23)28-10-13/h2-11H,12H2,1H3,(H,29,30). The number of imidazole rings is 1. The fourth-order valence-electron chi connectivity index (χ4n) is 3.08. The van der Waals surface area contributed by atoms with Gasteiger partial charge in [0.2, 0.25) is 5.95 Å². The van der Waals surface area contributed by atoms with E-state index in [-0.39, 0.29) is 12.2 Å². The summed E-state index contributed by atoms with van der Waals surface area (Å²) in [7, 11) is 1.46. The summed E-state index contributed by atoms with van der Waals surface area (Å²) in [5.41, 5.74) is 1.02. The molecule has 0 saturated carbocycles. The number of alkyl halides is 3. The SMILES string of the molecule is COc1cc(OCc2cnccc2C(F)(F)F)ccc1-c1cnc(-c2ccc(F)nc2)[nH]1. The zero-order valence-corrected chi connectivity index (χ0v) is 16.7. The molecule has 1 aromatic carbocycles. The van der Waals surface area contributed by atoms with Gasteiger partial charge in [0.05, 0.1) is 24.6 Å². The van der Waals surface area contributed by atoms with Crippen molar-refractivity contribution in [2.45, 2.75) is 12.8 Å². The number of nitrogens with one attached hydrogen (secondary N) is 1. The molecule has 164 valence electrons. The second-order valence-corrected chi connectivity index (χ2v) is 6.70. The molecule has 0 aliphatic rings. The Bertz CT molecular complexity index is 1220. The number of ether oxygens (including phenoxy) is 2. The van der Waals surface area contributed by atoms with Crippen LogP contribution in [0.3, 0.4) is 0 Å². The Labute approximate surface area is 179 Å². The smallest absolute Gasteiger partial charge is 0.416 e. The number of nitrogens with zero attached hydrogens (tertiary/aromatic N) is 3. The molecule has 0 aliphatic carbocycles.